The SMILES string of the molecule is C#CCN1CCC(NCc2ccccc2COC)CC1. The van der Waals surface area contributed by atoms with E-state index in [2.05, 4.69) is 40.4 Å². The molecule has 1 aromatic carbocycles. The van der Waals surface area contributed by atoms with Crippen LogP contribution >= 0.6 is 0 Å². The Morgan fingerprint density at radius 3 is 2.65 bits per heavy atom. The predicted octanol–water partition coefficient (Wildman–Crippen LogP) is 2.02. The molecule has 3 nitrogen and oxygen atoms in total. The Hall–Kier alpha value is -1.34. The zero-order chi connectivity index (χ0) is 14.2. The average Bonchev–Trinajstić information content (AvgIpc) is 2.48. The molecule has 1 aromatic rings. The summed E-state index contributed by atoms with van der Waals surface area (Å²) in [5.41, 5.74) is 2.60. The molecule has 1 heterocycles. The number of piperidine rings is 1. The molecule has 1 saturated heterocycles. The van der Waals surface area contributed by atoms with Crippen LogP contribution in [0.3, 0.4) is 0 Å². The molecule has 0 saturated carbocycles. The second-order valence-corrected chi connectivity index (χ2v) is 5.34. The molecular formula is C17H24N2O. The van der Waals surface area contributed by atoms with Gasteiger partial charge in [-0.15, -0.1) is 6.42 Å². The zero-order valence-corrected chi connectivity index (χ0v) is 12.3. The highest BCUT2D eigenvalue weighted by Gasteiger charge is 2.18. The first kappa shape index (κ1) is 15.1. The Balaban J connectivity index is 1.80. The monoisotopic (exact) mass is 272 g/mol. The van der Waals surface area contributed by atoms with Gasteiger partial charge in [0.2, 0.25) is 0 Å². The van der Waals surface area contributed by atoms with E-state index >= 15 is 0 Å². The topological polar surface area (TPSA) is 24.5 Å². The molecule has 0 bridgehead atoms. The molecule has 0 aromatic heterocycles. The summed E-state index contributed by atoms with van der Waals surface area (Å²) in [7, 11) is 1.74. The van der Waals surface area contributed by atoms with Crippen LogP contribution in [0.25, 0.3) is 0 Å². The van der Waals surface area contributed by atoms with E-state index in [1.54, 1.807) is 7.11 Å². The maximum Gasteiger partial charge on any atom is 0.0716 e. The van der Waals surface area contributed by atoms with Gasteiger partial charge in [0.15, 0.2) is 0 Å². The van der Waals surface area contributed by atoms with Gasteiger partial charge in [0.25, 0.3) is 0 Å². The van der Waals surface area contributed by atoms with Crippen molar-refractivity contribution < 1.29 is 4.74 Å². The molecule has 1 aliphatic rings. The number of nitrogens with zero attached hydrogens (tertiary/aromatic N) is 1. The van der Waals surface area contributed by atoms with Crippen molar-refractivity contribution in [3.8, 4) is 12.3 Å². The largest absolute Gasteiger partial charge is 0.380 e. The lowest BCUT2D eigenvalue weighted by molar-refractivity contribution is 0.183. The molecule has 2 rings (SSSR count). The van der Waals surface area contributed by atoms with Crippen molar-refractivity contribution in [2.45, 2.75) is 32.0 Å². The summed E-state index contributed by atoms with van der Waals surface area (Å²) in [5, 5.41) is 3.67. The van der Waals surface area contributed by atoms with E-state index in [9.17, 15) is 0 Å². The molecule has 0 amide bonds. The summed E-state index contributed by atoms with van der Waals surface area (Å²) in [5.74, 6) is 2.72. The fourth-order valence-corrected chi connectivity index (χ4v) is 2.70. The third-order valence-corrected chi connectivity index (χ3v) is 3.90. The molecule has 1 aliphatic heterocycles. The first-order valence-corrected chi connectivity index (χ1v) is 7.28. The molecule has 1 fully saturated rings. The van der Waals surface area contributed by atoms with Crippen LogP contribution in [-0.4, -0.2) is 37.7 Å². The minimum atomic E-state index is 0.597. The second-order valence-electron chi connectivity index (χ2n) is 5.34. The van der Waals surface area contributed by atoms with Crippen molar-refractivity contribution in [2.24, 2.45) is 0 Å². The lowest BCUT2D eigenvalue weighted by Gasteiger charge is -2.31. The van der Waals surface area contributed by atoms with Gasteiger partial charge in [0.05, 0.1) is 13.2 Å². The van der Waals surface area contributed by atoms with Crippen molar-refractivity contribution >= 4 is 0 Å². The van der Waals surface area contributed by atoms with E-state index < -0.39 is 0 Å². The summed E-state index contributed by atoms with van der Waals surface area (Å²) >= 11 is 0. The molecule has 0 unspecified atom stereocenters. The van der Waals surface area contributed by atoms with Gasteiger partial charge < -0.3 is 10.1 Å². The van der Waals surface area contributed by atoms with Gasteiger partial charge >= 0.3 is 0 Å². The molecule has 0 radical (unpaired) electrons. The van der Waals surface area contributed by atoms with Gasteiger partial charge in [-0.25, -0.2) is 0 Å². The summed E-state index contributed by atoms with van der Waals surface area (Å²) in [6, 6.07) is 9.06. The van der Waals surface area contributed by atoms with Crippen LogP contribution in [0.1, 0.15) is 24.0 Å². The fourth-order valence-electron chi connectivity index (χ4n) is 2.70. The number of terminal acetylenes is 1. The summed E-state index contributed by atoms with van der Waals surface area (Å²) in [6.07, 6.45) is 7.70. The second kappa shape index (κ2) is 8.06. The number of benzene rings is 1. The van der Waals surface area contributed by atoms with Gasteiger partial charge in [0.1, 0.15) is 0 Å². The molecule has 0 atom stereocenters. The first-order chi connectivity index (χ1) is 9.83. The van der Waals surface area contributed by atoms with E-state index in [4.69, 9.17) is 11.2 Å². The van der Waals surface area contributed by atoms with Gasteiger partial charge in [-0.1, -0.05) is 30.2 Å². The molecule has 20 heavy (non-hydrogen) atoms. The van der Waals surface area contributed by atoms with Crippen LogP contribution in [0.2, 0.25) is 0 Å². The van der Waals surface area contributed by atoms with Crippen LogP contribution < -0.4 is 5.32 Å². The normalized spacial score (nSPS) is 17.0. The van der Waals surface area contributed by atoms with Crippen LogP contribution in [0, 0.1) is 12.3 Å². The number of hydrogen-bond donors (Lipinski definition) is 1. The average molecular weight is 272 g/mol. The highest BCUT2D eigenvalue weighted by Crippen LogP contribution is 2.13. The van der Waals surface area contributed by atoms with E-state index in [0.717, 1.165) is 26.2 Å². The van der Waals surface area contributed by atoms with Gasteiger partial charge in [-0.3, -0.25) is 4.90 Å². The zero-order valence-electron chi connectivity index (χ0n) is 12.3. The Labute approximate surface area is 122 Å². The third-order valence-electron chi connectivity index (χ3n) is 3.90. The van der Waals surface area contributed by atoms with Crippen molar-refractivity contribution in [2.75, 3.05) is 26.7 Å². The quantitative estimate of drug-likeness (QED) is 0.802. The predicted molar refractivity (Wildman–Crippen MR) is 82.3 cm³/mol. The van der Waals surface area contributed by atoms with Crippen molar-refractivity contribution in [1.82, 2.24) is 10.2 Å². The van der Waals surface area contributed by atoms with Crippen LogP contribution in [0.15, 0.2) is 24.3 Å². The van der Waals surface area contributed by atoms with Crippen molar-refractivity contribution in [3.05, 3.63) is 35.4 Å². The summed E-state index contributed by atoms with van der Waals surface area (Å²) < 4.78 is 5.25. The van der Waals surface area contributed by atoms with E-state index in [1.807, 2.05) is 0 Å². The van der Waals surface area contributed by atoms with Crippen LogP contribution in [0.5, 0.6) is 0 Å². The highest BCUT2D eigenvalue weighted by molar-refractivity contribution is 5.26. The molecule has 0 spiro atoms. The maximum atomic E-state index is 5.35. The number of likely N-dealkylation sites (tertiary alicyclic amines) is 1. The van der Waals surface area contributed by atoms with Crippen molar-refractivity contribution in [1.29, 1.82) is 0 Å². The Morgan fingerprint density at radius 2 is 2.00 bits per heavy atom. The lowest BCUT2D eigenvalue weighted by atomic mass is 10.0. The Morgan fingerprint density at radius 1 is 1.30 bits per heavy atom. The van der Waals surface area contributed by atoms with Gasteiger partial charge in [-0.05, 0) is 24.0 Å². The molecule has 1 N–H and O–H groups in total. The molecule has 0 aliphatic carbocycles. The van der Waals surface area contributed by atoms with Crippen LogP contribution in [-0.2, 0) is 17.9 Å². The molecule has 3 heteroatoms. The fraction of sp³-hybridized carbons (Fsp3) is 0.529. The van der Waals surface area contributed by atoms with Gasteiger partial charge in [-0.2, -0.15) is 0 Å². The number of rotatable bonds is 6. The smallest absolute Gasteiger partial charge is 0.0716 e. The Kier molecular flexibility index (Phi) is 6.07. The number of hydrogen-bond acceptors (Lipinski definition) is 3. The molecule has 108 valence electrons. The van der Waals surface area contributed by atoms with E-state index in [-0.39, 0.29) is 0 Å². The third kappa shape index (κ3) is 4.35. The molecular weight excluding hydrogens is 248 g/mol. The van der Waals surface area contributed by atoms with E-state index in [0.29, 0.717) is 12.6 Å². The minimum absolute atomic E-state index is 0.597. The number of methoxy groups -OCH3 is 1. The highest BCUT2D eigenvalue weighted by atomic mass is 16.5. The summed E-state index contributed by atoms with van der Waals surface area (Å²) in [6.45, 7) is 4.57. The van der Waals surface area contributed by atoms with Gasteiger partial charge in [0, 0.05) is 32.8 Å². The number of ether oxygens (including phenoxy) is 1. The van der Waals surface area contributed by atoms with Crippen molar-refractivity contribution in [3.63, 3.8) is 0 Å². The minimum Gasteiger partial charge on any atom is -0.380 e. The Bertz CT molecular complexity index is 445. The lowest BCUT2D eigenvalue weighted by Crippen LogP contribution is -2.42. The summed E-state index contributed by atoms with van der Waals surface area (Å²) in [4.78, 5) is 2.34. The maximum absolute atomic E-state index is 5.35. The number of nitrogens with one attached hydrogen (secondary N) is 1. The van der Waals surface area contributed by atoms with Crippen LogP contribution in [0.4, 0.5) is 0 Å². The standard InChI is InChI=1S/C17H24N2O/c1-3-10-19-11-8-17(9-12-19)18-13-15-6-4-5-7-16(15)14-20-2/h1,4-7,17-18H,8-14H2,2H3. The van der Waals surface area contributed by atoms with E-state index in [1.165, 1.54) is 24.0 Å². The first-order valence-electron chi connectivity index (χ1n) is 7.28.